The molecule has 0 unspecified atom stereocenters. The third-order valence-corrected chi connectivity index (χ3v) is 4.96. The second kappa shape index (κ2) is 8.24. The molecule has 0 saturated carbocycles. The Hall–Kier alpha value is -2.52. The molecule has 0 saturated heterocycles. The summed E-state index contributed by atoms with van der Waals surface area (Å²) in [6.07, 6.45) is -3.25. The van der Waals surface area contributed by atoms with Crippen LogP contribution in [0.3, 0.4) is 0 Å². The van der Waals surface area contributed by atoms with Crippen molar-refractivity contribution in [2.45, 2.75) is 24.2 Å². The van der Waals surface area contributed by atoms with Crippen molar-refractivity contribution in [2.24, 2.45) is 0 Å². The highest BCUT2D eigenvalue weighted by Gasteiger charge is 2.38. The molecule has 0 fully saturated rings. The lowest BCUT2D eigenvalue weighted by Crippen LogP contribution is -2.22. The van der Waals surface area contributed by atoms with E-state index in [1.165, 1.54) is 26.4 Å². The molecule has 5 N–H and O–H groups in total. The standard InChI is InChI=1S/C20H24O8/c1-26-16-6-10(3-4-14(16)23)19-13(8-21)12-5-11(18(25)15(24)9-22)7-17(27-2)20(12)28-19/h3-7,13,15,18-19,21-25H,8-9H2,1-2H3/t13-,15-,18-,19+/m0/s1. The Morgan fingerprint density at radius 2 is 1.75 bits per heavy atom. The molecule has 0 amide bonds. The first-order chi connectivity index (χ1) is 13.4. The van der Waals surface area contributed by atoms with E-state index < -0.39 is 30.8 Å². The number of hydrogen-bond acceptors (Lipinski definition) is 8. The average molecular weight is 392 g/mol. The van der Waals surface area contributed by atoms with Gasteiger partial charge in [0.25, 0.3) is 0 Å². The number of rotatable bonds is 7. The Morgan fingerprint density at radius 3 is 2.36 bits per heavy atom. The van der Waals surface area contributed by atoms with Gasteiger partial charge in [-0.15, -0.1) is 0 Å². The topological polar surface area (TPSA) is 129 Å². The Balaban J connectivity index is 2.04. The van der Waals surface area contributed by atoms with E-state index in [4.69, 9.17) is 19.3 Å². The molecule has 8 nitrogen and oxygen atoms in total. The number of aliphatic hydroxyl groups excluding tert-OH is 4. The molecular weight excluding hydrogens is 368 g/mol. The predicted molar refractivity (Wildman–Crippen MR) is 98.9 cm³/mol. The van der Waals surface area contributed by atoms with Crippen molar-refractivity contribution >= 4 is 0 Å². The second-order valence-corrected chi connectivity index (χ2v) is 6.60. The highest BCUT2D eigenvalue weighted by Crippen LogP contribution is 2.52. The van der Waals surface area contributed by atoms with Crippen LogP contribution in [0.5, 0.6) is 23.0 Å². The van der Waals surface area contributed by atoms with E-state index in [1.54, 1.807) is 18.2 Å². The molecule has 0 spiro atoms. The summed E-state index contributed by atoms with van der Waals surface area (Å²) in [6.45, 7) is -0.845. The molecule has 152 valence electrons. The molecule has 0 aromatic heterocycles. The highest BCUT2D eigenvalue weighted by molar-refractivity contribution is 5.56. The fraction of sp³-hybridized carbons (Fsp3) is 0.400. The van der Waals surface area contributed by atoms with Crippen LogP contribution >= 0.6 is 0 Å². The Labute approximate surface area is 162 Å². The third-order valence-electron chi connectivity index (χ3n) is 4.96. The van der Waals surface area contributed by atoms with Crippen LogP contribution in [-0.4, -0.2) is 59.1 Å². The van der Waals surface area contributed by atoms with Crippen LogP contribution in [0, 0.1) is 0 Å². The van der Waals surface area contributed by atoms with Crippen LogP contribution in [0.4, 0.5) is 0 Å². The zero-order valence-electron chi connectivity index (χ0n) is 15.6. The maximum absolute atomic E-state index is 10.3. The molecule has 1 aliphatic rings. The SMILES string of the molecule is COc1cc([C@H]2Oc3c(OC)cc([C@H](O)[C@@H](O)CO)cc3[C@@H]2CO)ccc1O. The van der Waals surface area contributed by atoms with Gasteiger partial charge < -0.3 is 39.7 Å². The number of methoxy groups -OCH3 is 2. The van der Waals surface area contributed by atoms with E-state index in [1.807, 2.05) is 0 Å². The molecule has 3 rings (SSSR count). The smallest absolute Gasteiger partial charge is 0.165 e. The van der Waals surface area contributed by atoms with Crippen molar-refractivity contribution < 1.29 is 39.7 Å². The number of phenolic OH excluding ortho intramolecular Hbond substituents is 1. The predicted octanol–water partition coefficient (Wildman–Crippen LogP) is 1.01. The minimum Gasteiger partial charge on any atom is -0.504 e. The fourth-order valence-electron chi connectivity index (χ4n) is 3.43. The summed E-state index contributed by atoms with van der Waals surface area (Å²) in [4.78, 5) is 0. The van der Waals surface area contributed by atoms with Gasteiger partial charge in [-0.05, 0) is 35.4 Å². The number of benzene rings is 2. The maximum Gasteiger partial charge on any atom is 0.165 e. The van der Waals surface area contributed by atoms with E-state index >= 15 is 0 Å². The van der Waals surface area contributed by atoms with E-state index in [0.717, 1.165) is 0 Å². The van der Waals surface area contributed by atoms with Crippen molar-refractivity contribution in [1.29, 1.82) is 0 Å². The van der Waals surface area contributed by atoms with Crippen LogP contribution in [-0.2, 0) is 0 Å². The number of aliphatic hydroxyl groups is 4. The lowest BCUT2D eigenvalue weighted by Gasteiger charge is -2.19. The maximum atomic E-state index is 10.3. The molecule has 8 heteroatoms. The molecule has 0 radical (unpaired) electrons. The number of phenols is 1. The molecule has 2 aromatic rings. The van der Waals surface area contributed by atoms with Crippen molar-refractivity contribution in [2.75, 3.05) is 27.4 Å². The number of hydrogen-bond donors (Lipinski definition) is 5. The fourth-order valence-corrected chi connectivity index (χ4v) is 3.43. The molecule has 4 atom stereocenters. The van der Waals surface area contributed by atoms with Crippen molar-refractivity contribution in [1.82, 2.24) is 0 Å². The molecular formula is C20H24O8. The van der Waals surface area contributed by atoms with Crippen LogP contribution in [0.15, 0.2) is 30.3 Å². The summed E-state index contributed by atoms with van der Waals surface area (Å²) >= 11 is 0. The van der Waals surface area contributed by atoms with Crippen molar-refractivity contribution in [3.63, 3.8) is 0 Å². The normalized spacial score (nSPS) is 20.2. The first kappa shape index (κ1) is 20.2. The molecule has 0 aliphatic carbocycles. The van der Waals surface area contributed by atoms with Gasteiger partial charge >= 0.3 is 0 Å². The molecule has 2 aromatic carbocycles. The van der Waals surface area contributed by atoms with E-state index in [2.05, 4.69) is 0 Å². The van der Waals surface area contributed by atoms with E-state index in [-0.39, 0.29) is 18.1 Å². The zero-order valence-corrected chi connectivity index (χ0v) is 15.6. The summed E-state index contributed by atoms with van der Waals surface area (Å²) in [5.74, 6) is 0.555. The molecule has 0 bridgehead atoms. The largest absolute Gasteiger partial charge is 0.504 e. The minimum atomic E-state index is -1.35. The van der Waals surface area contributed by atoms with Gasteiger partial charge in [-0.25, -0.2) is 0 Å². The van der Waals surface area contributed by atoms with Gasteiger partial charge in [-0.1, -0.05) is 6.07 Å². The summed E-state index contributed by atoms with van der Waals surface area (Å²) in [6, 6.07) is 7.94. The van der Waals surface area contributed by atoms with Gasteiger partial charge in [0.2, 0.25) is 0 Å². The summed E-state index contributed by atoms with van der Waals surface area (Å²) in [7, 11) is 2.89. The monoisotopic (exact) mass is 392 g/mol. The Kier molecular flexibility index (Phi) is 5.95. The van der Waals surface area contributed by atoms with E-state index in [0.29, 0.717) is 28.2 Å². The first-order valence-corrected chi connectivity index (χ1v) is 8.78. The van der Waals surface area contributed by atoms with Gasteiger partial charge in [-0.3, -0.25) is 0 Å². The third kappa shape index (κ3) is 3.47. The Bertz CT molecular complexity index is 837. The first-order valence-electron chi connectivity index (χ1n) is 8.78. The number of fused-ring (bicyclic) bond motifs is 1. The van der Waals surface area contributed by atoms with Crippen LogP contribution in [0.2, 0.25) is 0 Å². The summed E-state index contributed by atoms with van der Waals surface area (Å²) in [5.41, 5.74) is 1.63. The lowest BCUT2D eigenvalue weighted by molar-refractivity contribution is -0.0153. The lowest BCUT2D eigenvalue weighted by atomic mass is 9.89. The molecule has 28 heavy (non-hydrogen) atoms. The summed E-state index contributed by atoms with van der Waals surface area (Å²) < 4.78 is 16.6. The van der Waals surface area contributed by atoms with Gasteiger partial charge in [0, 0.05) is 5.56 Å². The Morgan fingerprint density at radius 1 is 1.04 bits per heavy atom. The average Bonchev–Trinajstić information content (AvgIpc) is 3.10. The van der Waals surface area contributed by atoms with Gasteiger partial charge in [-0.2, -0.15) is 0 Å². The molecule has 1 heterocycles. The quantitative estimate of drug-likeness (QED) is 0.472. The van der Waals surface area contributed by atoms with Gasteiger partial charge in [0.05, 0.1) is 33.4 Å². The summed E-state index contributed by atoms with van der Waals surface area (Å²) in [5, 5.41) is 49.0. The van der Waals surface area contributed by atoms with E-state index in [9.17, 15) is 20.4 Å². The van der Waals surface area contributed by atoms with Gasteiger partial charge in [0.1, 0.15) is 18.3 Å². The molecule has 1 aliphatic heterocycles. The van der Waals surface area contributed by atoms with Crippen molar-refractivity contribution in [3.05, 3.63) is 47.0 Å². The van der Waals surface area contributed by atoms with Crippen LogP contribution in [0.25, 0.3) is 0 Å². The number of aromatic hydroxyl groups is 1. The van der Waals surface area contributed by atoms with Crippen molar-refractivity contribution in [3.8, 4) is 23.0 Å². The second-order valence-electron chi connectivity index (χ2n) is 6.60. The van der Waals surface area contributed by atoms with Crippen LogP contribution < -0.4 is 14.2 Å². The highest BCUT2D eigenvalue weighted by atomic mass is 16.5. The van der Waals surface area contributed by atoms with Crippen LogP contribution in [0.1, 0.15) is 34.8 Å². The minimum absolute atomic E-state index is 0.0108. The zero-order chi connectivity index (χ0) is 20.4. The number of ether oxygens (including phenoxy) is 3. The van der Waals surface area contributed by atoms with Gasteiger partial charge in [0.15, 0.2) is 23.0 Å².